The van der Waals surface area contributed by atoms with Crippen LogP contribution in [0.1, 0.15) is 52.4 Å². The smallest absolute Gasteiger partial charge is 0.243 e. The molecular formula is C21H34N6O3. The molecule has 9 heteroatoms. The molecule has 1 saturated carbocycles. The summed E-state index contributed by atoms with van der Waals surface area (Å²) in [4.78, 5) is 40.0. The van der Waals surface area contributed by atoms with Crippen LogP contribution < -0.4 is 11.1 Å². The van der Waals surface area contributed by atoms with Crippen molar-refractivity contribution >= 4 is 17.7 Å². The van der Waals surface area contributed by atoms with Crippen LogP contribution in [0.3, 0.4) is 0 Å². The Kier molecular flexibility index (Phi) is 5.45. The molecule has 4 atom stereocenters. The van der Waals surface area contributed by atoms with Crippen molar-refractivity contribution < 1.29 is 14.4 Å². The number of fused-ring (bicyclic) bond motifs is 1. The van der Waals surface area contributed by atoms with Crippen molar-refractivity contribution in [1.29, 1.82) is 0 Å². The van der Waals surface area contributed by atoms with Gasteiger partial charge < -0.3 is 16.0 Å². The Hall–Kier alpha value is -2.45. The van der Waals surface area contributed by atoms with Gasteiger partial charge in [0.15, 0.2) is 0 Å². The van der Waals surface area contributed by atoms with E-state index in [2.05, 4.69) is 29.5 Å². The number of nitrogens with two attached hydrogens (primary N) is 1. The molecule has 2 heterocycles. The molecule has 2 aliphatic rings. The number of aromatic nitrogens is 3. The Morgan fingerprint density at radius 2 is 1.90 bits per heavy atom. The van der Waals surface area contributed by atoms with Crippen LogP contribution in [0.2, 0.25) is 0 Å². The molecule has 0 aromatic carbocycles. The lowest BCUT2D eigenvalue weighted by atomic mass is 9.90. The minimum atomic E-state index is -0.933. The van der Waals surface area contributed by atoms with Gasteiger partial charge in [0.05, 0.1) is 17.9 Å². The Bertz CT molecular complexity index is 869. The summed E-state index contributed by atoms with van der Waals surface area (Å²) in [5.41, 5.74) is 6.96. The van der Waals surface area contributed by atoms with Crippen LogP contribution >= 0.6 is 0 Å². The summed E-state index contributed by atoms with van der Waals surface area (Å²) < 4.78 is 1.56. The van der Waals surface area contributed by atoms with Crippen molar-refractivity contribution in [2.24, 2.45) is 28.4 Å². The van der Waals surface area contributed by atoms with Crippen LogP contribution in [0.15, 0.2) is 0 Å². The maximum Gasteiger partial charge on any atom is 0.243 e. The Morgan fingerprint density at radius 1 is 1.27 bits per heavy atom. The number of likely N-dealkylation sites (tertiary alicyclic amines) is 1. The zero-order valence-electron chi connectivity index (χ0n) is 19.0. The number of carbonyl (C=O) groups is 3. The normalized spacial score (nSPS) is 25.6. The monoisotopic (exact) mass is 418 g/mol. The highest BCUT2D eigenvalue weighted by atomic mass is 16.2. The average Bonchev–Trinajstić information content (AvgIpc) is 2.93. The van der Waals surface area contributed by atoms with Gasteiger partial charge in [0.25, 0.3) is 0 Å². The molecule has 3 rings (SSSR count). The van der Waals surface area contributed by atoms with Gasteiger partial charge in [0, 0.05) is 13.0 Å². The predicted molar refractivity (Wildman–Crippen MR) is 111 cm³/mol. The Labute approximate surface area is 177 Å². The minimum absolute atomic E-state index is 0.00232. The molecule has 0 radical (unpaired) electrons. The standard InChI is InChI=1S/C21H34N6O3/c1-11-12(2)27(25-24-11)10-14(18(22)29)23-19(30)17-16-13(21(16,6)7)9-26(17)15(28)8-20(3,4)5/h13-14,16-17H,8-10H2,1-7H3,(H2,22,29)(H,23,30)/t13-,14-,16-,17-/m0/s1. The zero-order valence-corrected chi connectivity index (χ0v) is 19.0. The number of primary amides is 1. The number of carbonyl (C=O) groups excluding carboxylic acids is 3. The van der Waals surface area contributed by atoms with E-state index in [0.717, 1.165) is 11.4 Å². The molecule has 166 valence electrons. The van der Waals surface area contributed by atoms with E-state index in [0.29, 0.717) is 18.9 Å². The van der Waals surface area contributed by atoms with Crippen molar-refractivity contribution in [3.8, 4) is 0 Å². The first-order valence-electron chi connectivity index (χ1n) is 10.5. The second-order valence-corrected chi connectivity index (χ2v) is 10.6. The van der Waals surface area contributed by atoms with Gasteiger partial charge in [-0.1, -0.05) is 39.8 Å². The van der Waals surface area contributed by atoms with Gasteiger partial charge in [-0.2, -0.15) is 0 Å². The summed E-state index contributed by atoms with van der Waals surface area (Å²) in [5, 5.41) is 10.8. The minimum Gasteiger partial charge on any atom is -0.368 e. The topological polar surface area (TPSA) is 123 Å². The first-order valence-corrected chi connectivity index (χ1v) is 10.5. The summed E-state index contributed by atoms with van der Waals surface area (Å²) >= 11 is 0. The van der Waals surface area contributed by atoms with E-state index in [1.807, 2.05) is 34.6 Å². The second kappa shape index (κ2) is 7.35. The molecule has 1 aliphatic heterocycles. The molecule has 1 aromatic heterocycles. The number of rotatable bonds is 6. The number of hydrogen-bond donors (Lipinski definition) is 2. The molecule has 3 amide bonds. The highest BCUT2D eigenvalue weighted by Crippen LogP contribution is 2.65. The van der Waals surface area contributed by atoms with Gasteiger partial charge in [-0.25, -0.2) is 4.68 Å². The van der Waals surface area contributed by atoms with E-state index in [1.54, 1.807) is 9.58 Å². The third-order valence-corrected chi connectivity index (χ3v) is 6.71. The number of hydrogen-bond acceptors (Lipinski definition) is 5. The fourth-order valence-electron chi connectivity index (χ4n) is 4.66. The maximum atomic E-state index is 13.3. The second-order valence-electron chi connectivity index (χ2n) is 10.6. The lowest BCUT2D eigenvalue weighted by Crippen LogP contribution is -2.55. The van der Waals surface area contributed by atoms with Crippen molar-refractivity contribution in [2.75, 3.05) is 6.54 Å². The Balaban J connectivity index is 1.78. The number of piperidine rings is 1. The molecule has 0 unspecified atom stereocenters. The quantitative estimate of drug-likeness (QED) is 0.707. The number of amides is 3. The number of aryl methyl sites for hydroxylation is 1. The summed E-state index contributed by atoms with van der Waals surface area (Å²) in [6.45, 7) is 14.6. The van der Waals surface area contributed by atoms with Crippen molar-refractivity contribution in [3.63, 3.8) is 0 Å². The van der Waals surface area contributed by atoms with E-state index < -0.39 is 18.0 Å². The third kappa shape index (κ3) is 4.06. The summed E-state index contributed by atoms with van der Waals surface area (Å²) in [5.74, 6) is -0.611. The maximum absolute atomic E-state index is 13.3. The molecule has 9 nitrogen and oxygen atoms in total. The SMILES string of the molecule is Cc1nnn(C[C@H](NC(=O)[C@@H]2[C@@H]3[C@H](CN2C(=O)CC(C)(C)C)C3(C)C)C(N)=O)c1C. The van der Waals surface area contributed by atoms with E-state index in [4.69, 9.17) is 5.73 Å². The van der Waals surface area contributed by atoms with Gasteiger partial charge in [-0.15, -0.1) is 5.10 Å². The molecule has 1 aromatic rings. The largest absolute Gasteiger partial charge is 0.368 e. The number of nitrogens with one attached hydrogen (secondary N) is 1. The van der Waals surface area contributed by atoms with Crippen molar-refractivity contribution in [2.45, 2.75) is 73.5 Å². The highest BCUT2D eigenvalue weighted by molar-refractivity contribution is 5.93. The van der Waals surface area contributed by atoms with Crippen LogP contribution in [0.25, 0.3) is 0 Å². The molecular weight excluding hydrogens is 384 g/mol. The molecule has 0 bridgehead atoms. The van der Waals surface area contributed by atoms with Crippen LogP contribution in [0, 0.1) is 36.5 Å². The molecule has 30 heavy (non-hydrogen) atoms. The first kappa shape index (κ1) is 22.2. The van der Waals surface area contributed by atoms with Crippen LogP contribution in [-0.4, -0.2) is 56.2 Å². The predicted octanol–water partition coefficient (Wildman–Crippen LogP) is 0.784. The van der Waals surface area contributed by atoms with E-state index in [1.165, 1.54) is 0 Å². The van der Waals surface area contributed by atoms with E-state index in [9.17, 15) is 14.4 Å². The summed E-state index contributed by atoms with van der Waals surface area (Å²) in [7, 11) is 0. The van der Waals surface area contributed by atoms with Crippen molar-refractivity contribution in [1.82, 2.24) is 25.2 Å². The van der Waals surface area contributed by atoms with Gasteiger partial charge in [0.1, 0.15) is 12.1 Å². The molecule has 1 aliphatic carbocycles. The van der Waals surface area contributed by atoms with Crippen LogP contribution in [0.5, 0.6) is 0 Å². The Morgan fingerprint density at radius 3 is 2.40 bits per heavy atom. The summed E-state index contributed by atoms with van der Waals surface area (Å²) in [6, 6.07) is -1.52. The third-order valence-electron chi connectivity index (χ3n) is 6.71. The van der Waals surface area contributed by atoms with E-state index in [-0.39, 0.29) is 35.1 Å². The fraction of sp³-hybridized carbons (Fsp3) is 0.762. The lowest BCUT2D eigenvalue weighted by Gasteiger charge is -2.33. The molecule has 2 fully saturated rings. The molecule has 1 saturated heterocycles. The number of nitrogens with zero attached hydrogens (tertiary/aromatic N) is 4. The molecule has 0 spiro atoms. The van der Waals surface area contributed by atoms with Crippen molar-refractivity contribution in [3.05, 3.63) is 11.4 Å². The first-order chi connectivity index (χ1) is 13.7. The van der Waals surface area contributed by atoms with E-state index >= 15 is 0 Å². The highest BCUT2D eigenvalue weighted by Gasteiger charge is 2.69. The molecule has 3 N–H and O–H groups in total. The van der Waals surface area contributed by atoms with Crippen LogP contribution in [0.4, 0.5) is 0 Å². The lowest BCUT2D eigenvalue weighted by molar-refractivity contribution is -0.142. The summed E-state index contributed by atoms with van der Waals surface area (Å²) in [6.07, 6.45) is 0.368. The van der Waals surface area contributed by atoms with Gasteiger partial charge in [0.2, 0.25) is 17.7 Å². The van der Waals surface area contributed by atoms with Gasteiger partial charge >= 0.3 is 0 Å². The van der Waals surface area contributed by atoms with Gasteiger partial charge in [-0.05, 0) is 36.5 Å². The van der Waals surface area contributed by atoms with Crippen LogP contribution in [-0.2, 0) is 20.9 Å². The average molecular weight is 419 g/mol. The zero-order chi connectivity index (χ0) is 22.6. The van der Waals surface area contributed by atoms with Gasteiger partial charge in [-0.3, -0.25) is 14.4 Å². The fourth-order valence-corrected chi connectivity index (χ4v) is 4.66.